The fraction of sp³-hybridized carbons (Fsp3) is 0.846. The molecule has 1 unspecified atom stereocenters. The van der Waals surface area contributed by atoms with Gasteiger partial charge in [-0.3, -0.25) is 14.5 Å². The quantitative estimate of drug-likeness (QED) is 0.698. The number of nitrogens with zero attached hydrogens (tertiary/aromatic N) is 1. The van der Waals surface area contributed by atoms with Gasteiger partial charge in [-0.15, -0.1) is 0 Å². The lowest BCUT2D eigenvalue weighted by Crippen LogP contribution is -2.61. The van der Waals surface area contributed by atoms with E-state index in [0.717, 1.165) is 0 Å². The van der Waals surface area contributed by atoms with E-state index in [4.69, 9.17) is 4.74 Å². The summed E-state index contributed by atoms with van der Waals surface area (Å²) in [6.07, 6.45) is 6.40. The summed E-state index contributed by atoms with van der Waals surface area (Å²) in [6.45, 7) is 2.72. The van der Waals surface area contributed by atoms with Gasteiger partial charge in [-0.2, -0.15) is 0 Å². The second kappa shape index (κ2) is 5.63. The summed E-state index contributed by atoms with van der Waals surface area (Å²) in [5.41, 5.74) is 0. The van der Waals surface area contributed by atoms with Crippen molar-refractivity contribution in [1.29, 1.82) is 0 Å². The minimum atomic E-state index is -0.244. The molecule has 0 spiro atoms. The molecule has 1 atom stereocenters. The van der Waals surface area contributed by atoms with Crippen LogP contribution in [0.25, 0.3) is 0 Å². The largest absolute Gasteiger partial charge is 0.466 e. The molecular formula is C13H21NO3. The maximum Gasteiger partial charge on any atom is 0.307 e. The van der Waals surface area contributed by atoms with Gasteiger partial charge in [-0.05, 0) is 19.8 Å². The average molecular weight is 239 g/mol. The molecule has 17 heavy (non-hydrogen) atoms. The van der Waals surface area contributed by atoms with Gasteiger partial charge in [0, 0.05) is 6.04 Å². The van der Waals surface area contributed by atoms with Gasteiger partial charge in [0.15, 0.2) is 5.78 Å². The molecule has 1 aliphatic carbocycles. The fourth-order valence-electron chi connectivity index (χ4n) is 2.87. The highest BCUT2D eigenvalue weighted by molar-refractivity contribution is 5.94. The minimum Gasteiger partial charge on any atom is -0.466 e. The number of ketones is 1. The topological polar surface area (TPSA) is 46.6 Å². The van der Waals surface area contributed by atoms with Crippen LogP contribution in [0.15, 0.2) is 0 Å². The summed E-state index contributed by atoms with van der Waals surface area (Å²) < 4.78 is 4.91. The first-order chi connectivity index (χ1) is 8.22. The molecule has 0 bridgehead atoms. The Bertz CT molecular complexity index is 297. The summed E-state index contributed by atoms with van der Waals surface area (Å²) in [5.74, 6) is -0.0463. The van der Waals surface area contributed by atoms with Gasteiger partial charge in [0.05, 0.1) is 25.6 Å². The van der Waals surface area contributed by atoms with Crippen molar-refractivity contribution in [2.24, 2.45) is 0 Å². The number of likely N-dealkylation sites (tertiary alicyclic amines) is 1. The van der Waals surface area contributed by atoms with Crippen LogP contribution in [-0.4, -0.2) is 41.9 Å². The number of Topliss-reactive ketones (excluding diaryl/α,β-unsaturated/α-hetero) is 1. The van der Waals surface area contributed by atoms with Crippen molar-refractivity contribution in [2.75, 3.05) is 13.2 Å². The standard InChI is InChI=1S/C13H21NO3/c1-2-17-13(16)8-11-12(15)9-14(11)10-6-4-3-5-7-10/h10-11H,2-9H2,1H3. The first-order valence-electron chi connectivity index (χ1n) is 6.66. The molecule has 1 saturated heterocycles. The van der Waals surface area contributed by atoms with Crippen LogP contribution >= 0.6 is 0 Å². The molecule has 1 aliphatic heterocycles. The predicted molar refractivity (Wildman–Crippen MR) is 63.6 cm³/mol. The Morgan fingerprint density at radius 2 is 2.06 bits per heavy atom. The van der Waals surface area contributed by atoms with Crippen LogP contribution < -0.4 is 0 Å². The van der Waals surface area contributed by atoms with Gasteiger partial charge < -0.3 is 4.74 Å². The monoisotopic (exact) mass is 239 g/mol. The van der Waals surface area contributed by atoms with E-state index in [-0.39, 0.29) is 24.2 Å². The summed E-state index contributed by atoms with van der Waals surface area (Å²) in [7, 11) is 0. The molecule has 0 amide bonds. The maximum absolute atomic E-state index is 11.6. The van der Waals surface area contributed by atoms with Crippen molar-refractivity contribution in [2.45, 2.75) is 57.5 Å². The second-order valence-electron chi connectivity index (χ2n) is 4.96. The Morgan fingerprint density at radius 1 is 1.35 bits per heavy atom. The lowest BCUT2D eigenvalue weighted by Gasteiger charge is -2.45. The lowest BCUT2D eigenvalue weighted by atomic mass is 9.87. The van der Waals surface area contributed by atoms with Crippen LogP contribution in [-0.2, 0) is 14.3 Å². The lowest BCUT2D eigenvalue weighted by molar-refractivity contribution is -0.153. The van der Waals surface area contributed by atoms with Gasteiger partial charge in [0.1, 0.15) is 0 Å². The van der Waals surface area contributed by atoms with Crippen LogP contribution in [0, 0.1) is 0 Å². The minimum absolute atomic E-state index is 0.197. The first kappa shape index (κ1) is 12.6. The summed E-state index contributed by atoms with van der Waals surface area (Å²) in [5, 5.41) is 0. The molecule has 4 heteroatoms. The van der Waals surface area contributed by atoms with E-state index in [1.54, 1.807) is 6.92 Å². The van der Waals surface area contributed by atoms with E-state index in [2.05, 4.69) is 4.90 Å². The molecule has 2 aliphatic rings. The molecule has 1 saturated carbocycles. The Hall–Kier alpha value is -0.900. The van der Waals surface area contributed by atoms with Crippen LogP contribution in [0.3, 0.4) is 0 Å². The SMILES string of the molecule is CCOC(=O)CC1C(=O)CN1C1CCCCC1. The number of ether oxygens (including phenoxy) is 1. The van der Waals surface area contributed by atoms with Crippen molar-refractivity contribution in [1.82, 2.24) is 4.90 Å². The summed E-state index contributed by atoms with van der Waals surface area (Å²) >= 11 is 0. The van der Waals surface area contributed by atoms with E-state index in [0.29, 0.717) is 19.2 Å². The van der Waals surface area contributed by atoms with Gasteiger partial charge >= 0.3 is 5.97 Å². The Kier molecular flexibility index (Phi) is 4.15. The summed E-state index contributed by atoms with van der Waals surface area (Å²) in [4.78, 5) is 25.2. The Balaban J connectivity index is 1.86. The van der Waals surface area contributed by atoms with Gasteiger partial charge in [0.2, 0.25) is 0 Å². The fourth-order valence-corrected chi connectivity index (χ4v) is 2.87. The second-order valence-corrected chi connectivity index (χ2v) is 4.96. The molecule has 0 radical (unpaired) electrons. The van der Waals surface area contributed by atoms with Crippen molar-refractivity contribution < 1.29 is 14.3 Å². The summed E-state index contributed by atoms with van der Waals surface area (Å²) in [6, 6.07) is 0.318. The zero-order chi connectivity index (χ0) is 12.3. The normalized spacial score (nSPS) is 26.6. The molecular weight excluding hydrogens is 218 g/mol. The zero-order valence-corrected chi connectivity index (χ0v) is 10.5. The third kappa shape index (κ3) is 2.86. The van der Waals surface area contributed by atoms with Gasteiger partial charge in [0.25, 0.3) is 0 Å². The molecule has 2 fully saturated rings. The molecule has 0 aromatic rings. The maximum atomic E-state index is 11.6. The molecule has 1 heterocycles. The molecule has 0 N–H and O–H groups in total. The number of hydrogen-bond donors (Lipinski definition) is 0. The van der Waals surface area contributed by atoms with Crippen LogP contribution in [0.5, 0.6) is 0 Å². The highest BCUT2D eigenvalue weighted by Crippen LogP contribution is 2.29. The number of hydrogen-bond acceptors (Lipinski definition) is 4. The number of rotatable bonds is 4. The smallest absolute Gasteiger partial charge is 0.307 e. The number of carbonyl (C=O) groups is 2. The van der Waals surface area contributed by atoms with E-state index >= 15 is 0 Å². The predicted octanol–water partition coefficient (Wildman–Crippen LogP) is 1.53. The van der Waals surface area contributed by atoms with Gasteiger partial charge in [-0.1, -0.05) is 19.3 Å². The van der Waals surface area contributed by atoms with Crippen LogP contribution in [0.1, 0.15) is 45.4 Å². The van der Waals surface area contributed by atoms with Crippen LogP contribution in [0.4, 0.5) is 0 Å². The van der Waals surface area contributed by atoms with E-state index in [1.165, 1.54) is 32.1 Å². The Labute approximate surface area is 102 Å². The highest BCUT2D eigenvalue weighted by Gasteiger charge is 2.42. The van der Waals surface area contributed by atoms with E-state index in [1.807, 2.05) is 0 Å². The van der Waals surface area contributed by atoms with E-state index in [9.17, 15) is 9.59 Å². The molecule has 0 aromatic heterocycles. The molecule has 96 valence electrons. The van der Waals surface area contributed by atoms with E-state index < -0.39 is 0 Å². The highest BCUT2D eigenvalue weighted by atomic mass is 16.5. The van der Waals surface area contributed by atoms with Crippen molar-refractivity contribution in [3.8, 4) is 0 Å². The number of carbonyl (C=O) groups excluding carboxylic acids is 2. The third-order valence-corrected chi connectivity index (χ3v) is 3.82. The molecule has 2 rings (SSSR count). The number of esters is 1. The van der Waals surface area contributed by atoms with Gasteiger partial charge in [-0.25, -0.2) is 0 Å². The zero-order valence-electron chi connectivity index (χ0n) is 10.5. The van der Waals surface area contributed by atoms with Crippen molar-refractivity contribution in [3.05, 3.63) is 0 Å². The van der Waals surface area contributed by atoms with Crippen LogP contribution in [0.2, 0.25) is 0 Å². The van der Waals surface area contributed by atoms with Crippen molar-refractivity contribution >= 4 is 11.8 Å². The average Bonchev–Trinajstić information content (AvgIpc) is 2.34. The molecule has 0 aromatic carbocycles. The van der Waals surface area contributed by atoms with Crippen molar-refractivity contribution in [3.63, 3.8) is 0 Å². The molecule has 4 nitrogen and oxygen atoms in total. The Morgan fingerprint density at radius 3 is 2.65 bits per heavy atom. The third-order valence-electron chi connectivity index (χ3n) is 3.82. The first-order valence-corrected chi connectivity index (χ1v) is 6.66.